The minimum Gasteiger partial charge on any atom is -0.504 e. The van der Waals surface area contributed by atoms with Gasteiger partial charge < -0.3 is 9.84 Å². The maximum Gasteiger partial charge on any atom is 0.160 e. The number of aromatic hydroxyl groups is 1. The van der Waals surface area contributed by atoms with Crippen LogP contribution in [0.4, 0.5) is 0 Å². The van der Waals surface area contributed by atoms with Crippen LogP contribution in [0, 0.1) is 6.92 Å². The number of benzene rings is 2. The van der Waals surface area contributed by atoms with Gasteiger partial charge in [-0.25, -0.2) is 4.98 Å². The Morgan fingerprint density at radius 1 is 1.00 bits per heavy atom. The number of hydrogen-bond donors (Lipinski definition) is 1. The molecule has 0 fully saturated rings. The normalized spacial score (nSPS) is 11.2. The molecule has 2 aromatic carbocycles. The van der Waals surface area contributed by atoms with E-state index in [1.165, 1.54) is 12.7 Å². The first-order chi connectivity index (χ1) is 10.7. The molecule has 0 spiro atoms. The van der Waals surface area contributed by atoms with Crippen molar-refractivity contribution in [2.75, 3.05) is 7.11 Å². The molecule has 0 bridgehead atoms. The highest BCUT2D eigenvalue weighted by Gasteiger charge is 2.01. The van der Waals surface area contributed by atoms with Crippen LogP contribution in [-0.4, -0.2) is 17.2 Å². The molecule has 0 saturated heterocycles. The predicted octanol–water partition coefficient (Wildman–Crippen LogP) is 4.43. The zero-order valence-electron chi connectivity index (χ0n) is 12.6. The van der Waals surface area contributed by atoms with Crippen molar-refractivity contribution in [2.24, 2.45) is 0 Å². The van der Waals surface area contributed by atoms with Gasteiger partial charge in [0.1, 0.15) is 0 Å². The number of rotatable bonds is 3. The summed E-state index contributed by atoms with van der Waals surface area (Å²) in [6, 6.07) is 15.6. The lowest BCUT2D eigenvalue weighted by atomic mass is 10.1. The Hall–Kier alpha value is -2.81. The monoisotopic (exact) mass is 291 g/mol. The molecule has 3 rings (SSSR count). The minimum atomic E-state index is 0.131. The molecule has 1 heterocycles. The Kier molecular flexibility index (Phi) is 3.79. The van der Waals surface area contributed by atoms with E-state index in [1.54, 1.807) is 12.1 Å². The van der Waals surface area contributed by atoms with E-state index in [2.05, 4.69) is 30.1 Å². The molecule has 0 radical (unpaired) electrons. The number of aryl methyl sites for hydroxylation is 1. The molecule has 0 amide bonds. The van der Waals surface area contributed by atoms with Crippen molar-refractivity contribution in [3.05, 3.63) is 65.4 Å². The third-order valence-electron chi connectivity index (χ3n) is 3.52. The Morgan fingerprint density at radius 3 is 2.64 bits per heavy atom. The third-order valence-corrected chi connectivity index (χ3v) is 3.52. The number of fused-ring (bicyclic) bond motifs is 1. The van der Waals surface area contributed by atoms with E-state index in [0.29, 0.717) is 5.75 Å². The van der Waals surface area contributed by atoms with E-state index in [1.807, 2.05) is 30.4 Å². The van der Waals surface area contributed by atoms with E-state index in [-0.39, 0.29) is 5.75 Å². The number of pyridine rings is 1. The van der Waals surface area contributed by atoms with Gasteiger partial charge in [0, 0.05) is 5.39 Å². The van der Waals surface area contributed by atoms with Crippen LogP contribution in [0.3, 0.4) is 0 Å². The van der Waals surface area contributed by atoms with Gasteiger partial charge in [-0.15, -0.1) is 0 Å². The second-order valence-corrected chi connectivity index (χ2v) is 5.20. The molecule has 3 heteroatoms. The fourth-order valence-electron chi connectivity index (χ4n) is 2.35. The van der Waals surface area contributed by atoms with Crippen LogP contribution in [0.15, 0.2) is 48.5 Å². The fourth-order valence-corrected chi connectivity index (χ4v) is 2.35. The van der Waals surface area contributed by atoms with Gasteiger partial charge in [0.15, 0.2) is 11.5 Å². The van der Waals surface area contributed by atoms with Gasteiger partial charge in [0.2, 0.25) is 0 Å². The lowest BCUT2D eigenvalue weighted by Gasteiger charge is -2.03. The number of aromatic nitrogens is 1. The highest BCUT2D eigenvalue weighted by atomic mass is 16.5. The van der Waals surface area contributed by atoms with Crippen LogP contribution in [0.5, 0.6) is 11.5 Å². The number of nitrogens with zero attached hydrogens (tertiary/aromatic N) is 1. The second kappa shape index (κ2) is 5.90. The van der Waals surface area contributed by atoms with Crippen molar-refractivity contribution >= 4 is 23.1 Å². The predicted molar refractivity (Wildman–Crippen MR) is 90.1 cm³/mol. The van der Waals surface area contributed by atoms with Gasteiger partial charge in [0.25, 0.3) is 0 Å². The quantitative estimate of drug-likeness (QED) is 0.776. The van der Waals surface area contributed by atoms with Crippen LogP contribution >= 0.6 is 0 Å². The van der Waals surface area contributed by atoms with Crippen molar-refractivity contribution in [1.29, 1.82) is 0 Å². The van der Waals surface area contributed by atoms with Crippen LogP contribution in [0.25, 0.3) is 23.1 Å². The van der Waals surface area contributed by atoms with Crippen LogP contribution in [0.2, 0.25) is 0 Å². The first-order valence-electron chi connectivity index (χ1n) is 7.08. The zero-order chi connectivity index (χ0) is 15.5. The number of hydrogen-bond acceptors (Lipinski definition) is 3. The Balaban J connectivity index is 1.88. The van der Waals surface area contributed by atoms with Gasteiger partial charge in [-0.3, -0.25) is 0 Å². The maximum absolute atomic E-state index is 9.78. The largest absolute Gasteiger partial charge is 0.504 e. The van der Waals surface area contributed by atoms with Gasteiger partial charge in [-0.2, -0.15) is 0 Å². The summed E-state index contributed by atoms with van der Waals surface area (Å²) in [6.07, 6.45) is 3.85. The molecule has 0 atom stereocenters. The summed E-state index contributed by atoms with van der Waals surface area (Å²) in [5.74, 6) is 0.600. The number of phenolic OH excluding ortho intramolecular Hbond substituents is 1. The molecular formula is C19H17NO2. The van der Waals surface area contributed by atoms with E-state index < -0.39 is 0 Å². The molecule has 22 heavy (non-hydrogen) atoms. The van der Waals surface area contributed by atoms with Crippen LogP contribution in [-0.2, 0) is 0 Å². The van der Waals surface area contributed by atoms with E-state index >= 15 is 0 Å². The average molecular weight is 291 g/mol. The Labute approximate surface area is 129 Å². The van der Waals surface area contributed by atoms with Crippen molar-refractivity contribution in [3.8, 4) is 11.5 Å². The summed E-state index contributed by atoms with van der Waals surface area (Å²) >= 11 is 0. The second-order valence-electron chi connectivity index (χ2n) is 5.20. The van der Waals surface area contributed by atoms with E-state index in [4.69, 9.17) is 4.74 Å². The molecule has 3 aromatic rings. The van der Waals surface area contributed by atoms with Gasteiger partial charge in [-0.1, -0.05) is 29.8 Å². The molecule has 3 nitrogen and oxygen atoms in total. The Morgan fingerprint density at radius 2 is 1.86 bits per heavy atom. The molecular weight excluding hydrogens is 274 g/mol. The highest BCUT2D eigenvalue weighted by molar-refractivity contribution is 5.81. The number of phenols is 1. The lowest BCUT2D eigenvalue weighted by Crippen LogP contribution is -1.85. The number of ether oxygens (including phenoxy) is 1. The molecule has 0 saturated carbocycles. The zero-order valence-corrected chi connectivity index (χ0v) is 12.6. The summed E-state index contributed by atoms with van der Waals surface area (Å²) in [6.45, 7) is 2.07. The van der Waals surface area contributed by atoms with Gasteiger partial charge >= 0.3 is 0 Å². The average Bonchev–Trinajstić information content (AvgIpc) is 2.53. The van der Waals surface area contributed by atoms with Crippen molar-refractivity contribution in [3.63, 3.8) is 0 Å². The first kappa shape index (κ1) is 14.1. The molecule has 110 valence electrons. The summed E-state index contributed by atoms with van der Waals surface area (Å²) in [5.41, 5.74) is 3.98. The smallest absolute Gasteiger partial charge is 0.160 e. The summed E-state index contributed by atoms with van der Waals surface area (Å²) in [5, 5.41) is 10.9. The van der Waals surface area contributed by atoms with E-state index in [9.17, 15) is 5.11 Å². The van der Waals surface area contributed by atoms with Crippen molar-refractivity contribution in [2.45, 2.75) is 6.92 Å². The highest BCUT2D eigenvalue weighted by Crippen LogP contribution is 2.27. The summed E-state index contributed by atoms with van der Waals surface area (Å²) in [4.78, 5) is 4.61. The minimum absolute atomic E-state index is 0.131. The molecule has 0 aliphatic heterocycles. The number of methoxy groups -OCH3 is 1. The summed E-state index contributed by atoms with van der Waals surface area (Å²) in [7, 11) is 1.53. The molecule has 1 N–H and O–H groups in total. The first-order valence-corrected chi connectivity index (χ1v) is 7.08. The Bertz CT molecular complexity index is 853. The van der Waals surface area contributed by atoms with Gasteiger partial charge in [-0.05, 0) is 48.9 Å². The van der Waals surface area contributed by atoms with Gasteiger partial charge in [0.05, 0.1) is 18.3 Å². The van der Waals surface area contributed by atoms with Crippen molar-refractivity contribution in [1.82, 2.24) is 4.98 Å². The van der Waals surface area contributed by atoms with Crippen LogP contribution in [0.1, 0.15) is 16.8 Å². The molecule has 1 aromatic heterocycles. The topological polar surface area (TPSA) is 42.4 Å². The third kappa shape index (κ3) is 2.93. The van der Waals surface area contributed by atoms with Crippen molar-refractivity contribution < 1.29 is 9.84 Å². The SMILES string of the molecule is COc1ccc(/C=C/c2ccc3cc(C)ccc3n2)cc1O. The molecule has 0 aliphatic carbocycles. The standard InChI is InChI=1S/C19H17NO2/c1-13-3-9-17-15(11-13)6-8-16(20-17)7-4-14-5-10-19(22-2)18(21)12-14/h3-12,21H,1-2H3/b7-4+. The molecule has 0 unspecified atom stereocenters. The van der Waals surface area contributed by atoms with E-state index in [0.717, 1.165) is 22.2 Å². The molecule has 0 aliphatic rings. The summed E-state index contributed by atoms with van der Waals surface area (Å²) < 4.78 is 5.03. The van der Waals surface area contributed by atoms with Crippen LogP contribution < -0.4 is 4.74 Å². The fraction of sp³-hybridized carbons (Fsp3) is 0.105. The maximum atomic E-state index is 9.78. The lowest BCUT2D eigenvalue weighted by molar-refractivity contribution is 0.373.